The minimum atomic E-state index is 0.0999. The lowest BCUT2D eigenvalue weighted by molar-refractivity contribution is 1.12. The van der Waals surface area contributed by atoms with Gasteiger partial charge in [0, 0.05) is 6.21 Å². The first kappa shape index (κ1) is 10.4. The summed E-state index contributed by atoms with van der Waals surface area (Å²) < 4.78 is 0. The SMILES string of the molecule is C#Cc1nc(Cl)nc(C=C)c1/N=C\C. The summed E-state index contributed by atoms with van der Waals surface area (Å²) in [4.78, 5) is 11.9. The highest BCUT2D eigenvalue weighted by Gasteiger charge is 2.08. The van der Waals surface area contributed by atoms with Gasteiger partial charge in [0.05, 0.1) is 5.69 Å². The summed E-state index contributed by atoms with van der Waals surface area (Å²) in [5.74, 6) is 2.40. The maximum Gasteiger partial charge on any atom is 0.224 e. The van der Waals surface area contributed by atoms with Crippen molar-refractivity contribution >= 4 is 29.6 Å². The van der Waals surface area contributed by atoms with E-state index in [1.807, 2.05) is 0 Å². The summed E-state index contributed by atoms with van der Waals surface area (Å²) in [6, 6.07) is 0. The van der Waals surface area contributed by atoms with Crippen molar-refractivity contribution in [3.05, 3.63) is 23.3 Å². The molecule has 1 heterocycles. The second-order valence-electron chi connectivity index (χ2n) is 2.31. The quantitative estimate of drug-likeness (QED) is 0.423. The highest BCUT2D eigenvalue weighted by Crippen LogP contribution is 2.23. The second kappa shape index (κ2) is 4.54. The number of halogens is 1. The smallest absolute Gasteiger partial charge is 0.224 e. The summed E-state index contributed by atoms with van der Waals surface area (Å²) in [5, 5.41) is 0.0999. The van der Waals surface area contributed by atoms with Crippen LogP contribution in [-0.2, 0) is 0 Å². The highest BCUT2D eigenvalue weighted by atomic mass is 35.5. The van der Waals surface area contributed by atoms with Crippen molar-refractivity contribution in [1.29, 1.82) is 0 Å². The van der Waals surface area contributed by atoms with Gasteiger partial charge in [-0.25, -0.2) is 9.97 Å². The zero-order valence-electron chi connectivity index (χ0n) is 7.66. The Balaban J connectivity index is 3.50. The lowest BCUT2D eigenvalue weighted by Gasteiger charge is -2.02. The summed E-state index contributed by atoms with van der Waals surface area (Å²) in [5.41, 5.74) is 1.43. The lowest BCUT2D eigenvalue weighted by atomic mass is 10.2. The van der Waals surface area contributed by atoms with Gasteiger partial charge < -0.3 is 0 Å². The van der Waals surface area contributed by atoms with E-state index in [1.54, 1.807) is 13.1 Å². The van der Waals surface area contributed by atoms with Crippen molar-refractivity contribution in [3.63, 3.8) is 0 Å². The molecule has 0 atom stereocenters. The van der Waals surface area contributed by atoms with Crippen LogP contribution in [0.15, 0.2) is 11.6 Å². The number of aliphatic imine (C=N–C) groups is 1. The fourth-order valence-electron chi connectivity index (χ4n) is 0.943. The van der Waals surface area contributed by atoms with Crippen molar-refractivity contribution in [2.45, 2.75) is 6.92 Å². The van der Waals surface area contributed by atoms with Crippen LogP contribution in [0, 0.1) is 12.3 Å². The largest absolute Gasteiger partial charge is 0.256 e. The maximum absolute atomic E-state index is 5.66. The van der Waals surface area contributed by atoms with Gasteiger partial charge in [-0.2, -0.15) is 0 Å². The van der Waals surface area contributed by atoms with Crippen molar-refractivity contribution in [3.8, 4) is 12.3 Å². The zero-order valence-corrected chi connectivity index (χ0v) is 8.41. The van der Waals surface area contributed by atoms with Crippen LogP contribution in [0.2, 0.25) is 5.28 Å². The van der Waals surface area contributed by atoms with Crippen LogP contribution >= 0.6 is 11.6 Å². The molecule has 0 amide bonds. The third kappa shape index (κ3) is 1.98. The minimum absolute atomic E-state index is 0.0999. The van der Waals surface area contributed by atoms with Gasteiger partial charge in [-0.1, -0.05) is 6.58 Å². The lowest BCUT2D eigenvalue weighted by Crippen LogP contribution is -1.93. The molecule has 0 bridgehead atoms. The van der Waals surface area contributed by atoms with E-state index in [1.165, 1.54) is 6.08 Å². The summed E-state index contributed by atoms with van der Waals surface area (Å²) in [7, 11) is 0. The molecule has 0 saturated carbocycles. The number of hydrogen-bond acceptors (Lipinski definition) is 3. The van der Waals surface area contributed by atoms with Crippen LogP contribution in [0.3, 0.4) is 0 Å². The Morgan fingerprint density at radius 2 is 2.29 bits per heavy atom. The fraction of sp³-hybridized carbons (Fsp3) is 0.100. The first-order chi connectivity index (χ1) is 6.72. The van der Waals surface area contributed by atoms with Gasteiger partial charge in [0.15, 0.2) is 0 Å². The Morgan fingerprint density at radius 3 is 2.79 bits per heavy atom. The topological polar surface area (TPSA) is 38.1 Å². The Kier molecular flexibility index (Phi) is 3.38. The van der Waals surface area contributed by atoms with Gasteiger partial charge in [-0.15, -0.1) is 6.42 Å². The van der Waals surface area contributed by atoms with E-state index in [-0.39, 0.29) is 5.28 Å². The zero-order chi connectivity index (χ0) is 10.6. The maximum atomic E-state index is 5.66. The molecule has 0 aliphatic heterocycles. The first-order valence-corrected chi connectivity index (χ1v) is 4.26. The van der Waals surface area contributed by atoms with Crippen LogP contribution in [0.25, 0.3) is 6.08 Å². The molecule has 0 aliphatic rings. The molecule has 0 N–H and O–H groups in total. The van der Waals surface area contributed by atoms with Crippen LogP contribution < -0.4 is 0 Å². The molecule has 0 aromatic carbocycles. The molecule has 0 radical (unpaired) electrons. The summed E-state index contributed by atoms with van der Waals surface area (Å²) in [6.45, 7) is 5.38. The van der Waals surface area contributed by atoms with E-state index in [0.717, 1.165) is 0 Å². The van der Waals surface area contributed by atoms with Crippen molar-refractivity contribution in [2.75, 3.05) is 0 Å². The Bertz CT molecular complexity index is 430. The Hall–Kier alpha value is -1.66. The van der Waals surface area contributed by atoms with Crippen molar-refractivity contribution in [2.24, 2.45) is 4.99 Å². The van der Waals surface area contributed by atoms with Gasteiger partial charge in [-0.05, 0) is 30.5 Å². The Labute approximate surface area is 87.6 Å². The van der Waals surface area contributed by atoms with E-state index in [0.29, 0.717) is 17.1 Å². The standard InChI is InChI=1S/C10H8ClN3/c1-4-7-9(12-6-3)8(5-2)14-10(11)13-7/h1,5-6H,2H2,3H3/b12-6-. The average molecular weight is 206 g/mol. The second-order valence-corrected chi connectivity index (χ2v) is 2.65. The van der Waals surface area contributed by atoms with Gasteiger partial charge in [-0.3, -0.25) is 4.99 Å². The first-order valence-electron chi connectivity index (χ1n) is 3.88. The van der Waals surface area contributed by atoms with Crippen LogP contribution in [-0.4, -0.2) is 16.2 Å². The Morgan fingerprint density at radius 1 is 1.57 bits per heavy atom. The van der Waals surface area contributed by atoms with E-state index < -0.39 is 0 Å². The summed E-state index contributed by atoms with van der Waals surface area (Å²) in [6.07, 6.45) is 8.42. The molecular formula is C10H8ClN3. The molecule has 70 valence electrons. The molecule has 0 aliphatic carbocycles. The molecule has 0 unspecified atom stereocenters. The molecule has 0 spiro atoms. The molecule has 1 aromatic heterocycles. The van der Waals surface area contributed by atoms with Crippen LogP contribution in [0.1, 0.15) is 18.3 Å². The molecular weight excluding hydrogens is 198 g/mol. The van der Waals surface area contributed by atoms with E-state index in [9.17, 15) is 0 Å². The molecule has 0 saturated heterocycles. The molecule has 1 aromatic rings. The number of terminal acetylenes is 1. The average Bonchev–Trinajstić information content (AvgIpc) is 2.20. The van der Waals surface area contributed by atoms with Crippen LogP contribution in [0.4, 0.5) is 5.69 Å². The van der Waals surface area contributed by atoms with E-state index >= 15 is 0 Å². The number of aromatic nitrogens is 2. The normalized spacial score (nSPS) is 10.1. The minimum Gasteiger partial charge on any atom is -0.256 e. The molecule has 4 heteroatoms. The predicted octanol–water partition coefficient (Wildman–Crippen LogP) is 2.48. The number of nitrogens with zero attached hydrogens (tertiary/aromatic N) is 3. The predicted molar refractivity (Wildman–Crippen MR) is 58.9 cm³/mol. The monoisotopic (exact) mass is 205 g/mol. The van der Waals surface area contributed by atoms with E-state index in [4.69, 9.17) is 18.0 Å². The highest BCUT2D eigenvalue weighted by molar-refractivity contribution is 6.28. The van der Waals surface area contributed by atoms with Gasteiger partial charge in [0.25, 0.3) is 0 Å². The fourth-order valence-corrected chi connectivity index (χ4v) is 1.12. The van der Waals surface area contributed by atoms with Gasteiger partial charge in [0.1, 0.15) is 11.4 Å². The number of rotatable bonds is 2. The molecule has 14 heavy (non-hydrogen) atoms. The van der Waals surface area contributed by atoms with Crippen molar-refractivity contribution < 1.29 is 0 Å². The van der Waals surface area contributed by atoms with Gasteiger partial charge >= 0.3 is 0 Å². The molecule has 1 rings (SSSR count). The third-order valence-corrected chi connectivity index (χ3v) is 1.64. The summed E-state index contributed by atoms with van der Waals surface area (Å²) >= 11 is 5.66. The third-order valence-electron chi connectivity index (χ3n) is 1.47. The molecule has 3 nitrogen and oxygen atoms in total. The number of hydrogen-bond donors (Lipinski definition) is 0. The van der Waals surface area contributed by atoms with Crippen molar-refractivity contribution in [1.82, 2.24) is 9.97 Å². The van der Waals surface area contributed by atoms with Crippen LogP contribution in [0.5, 0.6) is 0 Å². The van der Waals surface area contributed by atoms with Gasteiger partial charge in [0.2, 0.25) is 5.28 Å². The molecule has 0 fully saturated rings. The van der Waals surface area contributed by atoms with E-state index in [2.05, 4.69) is 27.5 Å².